The number of rotatable bonds is 1. The molecule has 8 heteroatoms. The second kappa shape index (κ2) is 4.68. The molecule has 0 atom stereocenters. The van der Waals surface area contributed by atoms with E-state index in [0.29, 0.717) is 33.1 Å². The molecule has 0 spiro atoms. The van der Waals surface area contributed by atoms with E-state index in [1.807, 2.05) is 0 Å². The van der Waals surface area contributed by atoms with Gasteiger partial charge in [0.25, 0.3) is 0 Å². The lowest BCUT2D eigenvalue weighted by molar-refractivity contribution is -0.142. The highest BCUT2D eigenvalue weighted by atomic mass is 35.5. The highest BCUT2D eigenvalue weighted by Gasteiger charge is 2.37. The summed E-state index contributed by atoms with van der Waals surface area (Å²) in [4.78, 5) is 0. The first-order valence-electron chi connectivity index (χ1n) is 5.78. The molecule has 3 aromatic rings. The Morgan fingerprint density at radius 2 is 1.95 bits per heavy atom. The first kappa shape index (κ1) is 14.3. The Bertz CT molecular complexity index is 836. The van der Waals surface area contributed by atoms with Gasteiger partial charge in [0.05, 0.1) is 16.3 Å². The standard InChI is InChI=1S/C13H7Cl2F3N2O/c1-6-11(8-3-2-7(14)4-9(8)15)12-20(19-6)10(5-21-12)13(16,17)18/h2-5H,1H3. The largest absolute Gasteiger partial charge is 0.444 e. The minimum absolute atomic E-state index is 0.0101. The molecule has 21 heavy (non-hydrogen) atoms. The molecule has 0 aliphatic heterocycles. The molecule has 0 unspecified atom stereocenters. The topological polar surface area (TPSA) is 30.4 Å². The number of alkyl halides is 3. The van der Waals surface area contributed by atoms with Crippen molar-refractivity contribution in [1.82, 2.24) is 9.61 Å². The summed E-state index contributed by atoms with van der Waals surface area (Å²) < 4.78 is 44.4. The molecule has 3 rings (SSSR count). The SMILES string of the molecule is Cc1nn2c(C(F)(F)F)coc2c1-c1ccc(Cl)cc1Cl. The average Bonchev–Trinajstić information content (AvgIpc) is 2.87. The highest BCUT2D eigenvalue weighted by molar-refractivity contribution is 6.36. The normalized spacial score (nSPS) is 12.3. The third-order valence-corrected chi connectivity index (χ3v) is 3.57. The zero-order valence-electron chi connectivity index (χ0n) is 10.5. The van der Waals surface area contributed by atoms with Gasteiger partial charge in [-0.25, -0.2) is 0 Å². The minimum Gasteiger partial charge on any atom is -0.444 e. The minimum atomic E-state index is -4.55. The van der Waals surface area contributed by atoms with Crippen LogP contribution in [-0.4, -0.2) is 9.61 Å². The van der Waals surface area contributed by atoms with Crippen molar-refractivity contribution in [2.45, 2.75) is 13.1 Å². The Labute approximate surface area is 126 Å². The number of fused-ring (bicyclic) bond motifs is 1. The van der Waals surface area contributed by atoms with Crippen molar-refractivity contribution in [3.05, 3.63) is 45.9 Å². The van der Waals surface area contributed by atoms with Crippen molar-refractivity contribution in [2.75, 3.05) is 0 Å². The van der Waals surface area contributed by atoms with Crippen LogP contribution in [0.1, 0.15) is 11.4 Å². The van der Waals surface area contributed by atoms with Gasteiger partial charge in [0, 0.05) is 10.6 Å². The van der Waals surface area contributed by atoms with E-state index >= 15 is 0 Å². The van der Waals surface area contributed by atoms with Crippen LogP contribution in [0.5, 0.6) is 0 Å². The van der Waals surface area contributed by atoms with Crippen LogP contribution in [0.3, 0.4) is 0 Å². The van der Waals surface area contributed by atoms with Crippen LogP contribution in [-0.2, 0) is 6.18 Å². The summed E-state index contributed by atoms with van der Waals surface area (Å²) in [6.07, 6.45) is -3.92. The molecule has 0 saturated heterocycles. The van der Waals surface area contributed by atoms with Gasteiger partial charge in [0.2, 0.25) is 5.71 Å². The van der Waals surface area contributed by atoms with Gasteiger partial charge in [-0.2, -0.15) is 22.8 Å². The molecular weight excluding hydrogens is 328 g/mol. The maximum Gasteiger partial charge on any atom is 0.436 e. The van der Waals surface area contributed by atoms with Gasteiger partial charge in [-0.15, -0.1) is 0 Å². The second-order valence-corrected chi connectivity index (χ2v) is 5.26. The molecule has 3 nitrogen and oxygen atoms in total. The molecule has 0 amide bonds. The first-order chi connectivity index (χ1) is 9.79. The van der Waals surface area contributed by atoms with Crippen LogP contribution < -0.4 is 0 Å². The van der Waals surface area contributed by atoms with Gasteiger partial charge >= 0.3 is 6.18 Å². The number of benzene rings is 1. The van der Waals surface area contributed by atoms with Crippen molar-refractivity contribution < 1.29 is 17.6 Å². The summed E-state index contributed by atoms with van der Waals surface area (Å²) in [6, 6.07) is 4.72. The van der Waals surface area contributed by atoms with Crippen LogP contribution in [0.25, 0.3) is 16.8 Å². The Balaban J connectivity index is 2.29. The van der Waals surface area contributed by atoms with E-state index < -0.39 is 11.9 Å². The molecule has 2 heterocycles. The fourth-order valence-electron chi connectivity index (χ4n) is 2.13. The number of aryl methyl sites for hydroxylation is 1. The van der Waals surface area contributed by atoms with E-state index in [1.165, 1.54) is 6.07 Å². The van der Waals surface area contributed by atoms with Gasteiger partial charge in [-0.1, -0.05) is 29.3 Å². The van der Waals surface area contributed by atoms with Crippen molar-refractivity contribution in [2.24, 2.45) is 0 Å². The number of oxazole rings is 1. The van der Waals surface area contributed by atoms with Gasteiger partial charge in [-0.3, -0.25) is 0 Å². The number of hydrogen-bond donors (Lipinski definition) is 0. The summed E-state index contributed by atoms with van der Waals surface area (Å²) in [5.41, 5.74) is 0.314. The Morgan fingerprint density at radius 3 is 2.57 bits per heavy atom. The van der Waals surface area contributed by atoms with E-state index in [2.05, 4.69) is 5.10 Å². The summed E-state index contributed by atoms with van der Waals surface area (Å²) >= 11 is 11.9. The van der Waals surface area contributed by atoms with E-state index in [0.717, 1.165) is 4.52 Å². The molecular formula is C13H7Cl2F3N2O. The second-order valence-electron chi connectivity index (χ2n) is 4.42. The van der Waals surface area contributed by atoms with E-state index in [9.17, 15) is 13.2 Å². The predicted molar refractivity (Wildman–Crippen MR) is 72.7 cm³/mol. The molecule has 0 N–H and O–H groups in total. The first-order valence-corrected chi connectivity index (χ1v) is 6.54. The molecule has 0 aliphatic rings. The van der Waals surface area contributed by atoms with Crippen LogP contribution in [0.15, 0.2) is 28.9 Å². The number of nitrogens with zero attached hydrogens (tertiary/aromatic N) is 2. The summed E-state index contributed by atoms with van der Waals surface area (Å²) in [5, 5.41) is 4.63. The lowest BCUT2D eigenvalue weighted by Crippen LogP contribution is -2.09. The van der Waals surface area contributed by atoms with Crippen molar-refractivity contribution >= 4 is 28.9 Å². The van der Waals surface area contributed by atoms with Gasteiger partial charge in [-0.05, 0) is 19.1 Å². The van der Waals surface area contributed by atoms with E-state index in [-0.39, 0.29) is 5.71 Å². The zero-order valence-corrected chi connectivity index (χ0v) is 12.0. The molecule has 110 valence electrons. The van der Waals surface area contributed by atoms with Crippen LogP contribution in [0, 0.1) is 6.92 Å². The molecule has 2 aromatic heterocycles. The molecule has 1 aromatic carbocycles. The molecule has 0 aliphatic carbocycles. The Hall–Kier alpha value is -1.66. The van der Waals surface area contributed by atoms with Crippen LogP contribution >= 0.6 is 23.2 Å². The van der Waals surface area contributed by atoms with Gasteiger partial charge in [0.15, 0.2) is 5.69 Å². The fourth-order valence-corrected chi connectivity index (χ4v) is 2.63. The maximum absolute atomic E-state index is 12.9. The third-order valence-electron chi connectivity index (χ3n) is 3.02. The molecule has 0 bridgehead atoms. The van der Waals surface area contributed by atoms with Crippen molar-refractivity contribution in [3.8, 4) is 11.1 Å². The lowest BCUT2D eigenvalue weighted by atomic mass is 10.1. The molecule has 0 radical (unpaired) electrons. The van der Waals surface area contributed by atoms with E-state index in [1.54, 1.807) is 19.1 Å². The molecule has 0 saturated carbocycles. The smallest absolute Gasteiger partial charge is 0.436 e. The fraction of sp³-hybridized carbons (Fsp3) is 0.154. The summed E-state index contributed by atoms with van der Waals surface area (Å²) in [5.74, 6) is 0. The van der Waals surface area contributed by atoms with Gasteiger partial charge < -0.3 is 4.42 Å². The Kier molecular flexibility index (Phi) is 3.18. The van der Waals surface area contributed by atoms with E-state index in [4.69, 9.17) is 27.6 Å². The monoisotopic (exact) mass is 334 g/mol. The third kappa shape index (κ3) is 2.28. The average molecular weight is 335 g/mol. The van der Waals surface area contributed by atoms with Gasteiger partial charge in [0.1, 0.15) is 6.26 Å². The predicted octanol–water partition coefficient (Wildman–Crippen LogP) is 5.23. The summed E-state index contributed by atoms with van der Waals surface area (Å²) in [6.45, 7) is 1.59. The quantitative estimate of drug-likeness (QED) is 0.610. The number of aromatic nitrogens is 2. The summed E-state index contributed by atoms with van der Waals surface area (Å²) in [7, 11) is 0. The number of hydrogen-bond acceptors (Lipinski definition) is 2. The maximum atomic E-state index is 12.9. The number of halogens is 5. The van der Waals surface area contributed by atoms with Crippen LogP contribution in [0.4, 0.5) is 13.2 Å². The lowest BCUT2D eigenvalue weighted by Gasteiger charge is -2.02. The van der Waals surface area contributed by atoms with Crippen molar-refractivity contribution in [1.29, 1.82) is 0 Å². The van der Waals surface area contributed by atoms with Crippen molar-refractivity contribution in [3.63, 3.8) is 0 Å². The van der Waals surface area contributed by atoms with Crippen LogP contribution in [0.2, 0.25) is 10.0 Å². The highest BCUT2D eigenvalue weighted by Crippen LogP contribution is 2.38. The zero-order chi connectivity index (χ0) is 15.4. The molecule has 0 fully saturated rings. The Morgan fingerprint density at radius 1 is 1.24 bits per heavy atom.